The van der Waals surface area contributed by atoms with Crippen molar-refractivity contribution in [1.29, 1.82) is 0 Å². The minimum Gasteiger partial charge on any atom is -0.497 e. The molecule has 1 atom stereocenters. The van der Waals surface area contributed by atoms with Crippen LogP contribution in [-0.2, 0) is 0 Å². The molecule has 23 heavy (non-hydrogen) atoms. The van der Waals surface area contributed by atoms with Gasteiger partial charge in [-0.05, 0) is 32.0 Å². The third-order valence-electron chi connectivity index (χ3n) is 3.47. The van der Waals surface area contributed by atoms with Crippen molar-refractivity contribution in [1.82, 2.24) is 15.0 Å². The second kappa shape index (κ2) is 6.75. The maximum absolute atomic E-state index is 5.23. The number of aromatic nitrogens is 3. The molecule has 3 aromatic rings. The number of nitrogens with one attached hydrogen (secondary N) is 1. The summed E-state index contributed by atoms with van der Waals surface area (Å²) >= 11 is 1.68. The van der Waals surface area contributed by atoms with Crippen LogP contribution >= 0.6 is 11.3 Å². The lowest BCUT2D eigenvalue weighted by molar-refractivity contribution is 0.414. The van der Waals surface area contributed by atoms with Gasteiger partial charge in [0.25, 0.3) is 0 Å². The smallest absolute Gasteiger partial charge is 0.130 e. The molecule has 3 heterocycles. The van der Waals surface area contributed by atoms with E-state index in [2.05, 4.69) is 27.2 Å². The third kappa shape index (κ3) is 3.48. The van der Waals surface area contributed by atoms with Crippen LogP contribution in [0.3, 0.4) is 0 Å². The first-order valence-corrected chi connectivity index (χ1v) is 8.13. The number of hydrogen-bond donors (Lipinski definition) is 1. The molecule has 0 aliphatic rings. The Labute approximate surface area is 139 Å². The Kier molecular flexibility index (Phi) is 4.52. The molecule has 0 bridgehead atoms. The summed E-state index contributed by atoms with van der Waals surface area (Å²) < 4.78 is 5.23. The van der Waals surface area contributed by atoms with Gasteiger partial charge < -0.3 is 10.1 Å². The van der Waals surface area contributed by atoms with E-state index in [1.165, 1.54) is 4.88 Å². The molecule has 6 heteroatoms. The zero-order valence-corrected chi connectivity index (χ0v) is 14.1. The summed E-state index contributed by atoms with van der Waals surface area (Å²) in [7, 11) is 1.65. The topological polar surface area (TPSA) is 59.9 Å². The van der Waals surface area contributed by atoms with Gasteiger partial charge in [0, 0.05) is 35.1 Å². The molecular weight excluding hydrogens is 308 g/mol. The van der Waals surface area contributed by atoms with E-state index in [0.29, 0.717) is 0 Å². The summed E-state index contributed by atoms with van der Waals surface area (Å²) in [4.78, 5) is 14.3. The van der Waals surface area contributed by atoms with Gasteiger partial charge in [-0.1, -0.05) is 0 Å². The van der Waals surface area contributed by atoms with Gasteiger partial charge in [0.2, 0.25) is 0 Å². The summed E-state index contributed by atoms with van der Waals surface area (Å²) in [6, 6.07) is 7.77. The van der Waals surface area contributed by atoms with E-state index in [1.54, 1.807) is 30.8 Å². The van der Waals surface area contributed by atoms with Gasteiger partial charge in [0.05, 0.1) is 18.8 Å². The van der Waals surface area contributed by atoms with Crippen LogP contribution < -0.4 is 10.1 Å². The predicted octanol–water partition coefficient (Wildman–Crippen LogP) is 4.09. The highest BCUT2D eigenvalue weighted by Gasteiger charge is 2.16. The molecule has 0 aromatic carbocycles. The molecule has 0 amide bonds. The van der Waals surface area contributed by atoms with Gasteiger partial charge in [0.15, 0.2) is 0 Å². The monoisotopic (exact) mass is 326 g/mol. The van der Waals surface area contributed by atoms with Gasteiger partial charge in [-0.2, -0.15) is 0 Å². The minimum absolute atomic E-state index is 0.109. The Morgan fingerprint density at radius 1 is 1.26 bits per heavy atom. The Morgan fingerprint density at radius 2 is 2.13 bits per heavy atom. The molecule has 3 rings (SSSR count). The zero-order chi connectivity index (χ0) is 16.2. The van der Waals surface area contributed by atoms with Crippen molar-refractivity contribution < 1.29 is 4.74 Å². The Hall–Kier alpha value is -2.47. The standard InChI is InChI=1S/C17H18N4OS/c1-11(20-15-9-14(22-3)6-8-19-15)16-12(2)21-17(23-16)13-5-4-7-18-10-13/h4-11H,1-3H3,(H,19,20). The van der Waals surface area contributed by atoms with Crippen LogP contribution in [0.4, 0.5) is 5.82 Å². The van der Waals surface area contributed by atoms with Crippen LogP contribution in [0.1, 0.15) is 23.5 Å². The number of methoxy groups -OCH3 is 1. The van der Waals surface area contributed by atoms with Gasteiger partial charge in [-0.3, -0.25) is 4.98 Å². The van der Waals surface area contributed by atoms with Crippen LogP contribution in [0.25, 0.3) is 10.6 Å². The van der Waals surface area contributed by atoms with Crippen molar-refractivity contribution in [3.63, 3.8) is 0 Å². The highest BCUT2D eigenvalue weighted by Crippen LogP contribution is 2.32. The van der Waals surface area contributed by atoms with E-state index in [9.17, 15) is 0 Å². The molecule has 0 spiro atoms. The lowest BCUT2D eigenvalue weighted by Gasteiger charge is -2.14. The summed E-state index contributed by atoms with van der Waals surface area (Å²) in [5, 5.41) is 4.39. The Balaban J connectivity index is 1.82. The van der Waals surface area contributed by atoms with E-state index in [1.807, 2.05) is 37.4 Å². The molecule has 5 nitrogen and oxygen atoms in total. The molecule has 0 radical (unpaired) electrons. The number of anilines is 1. The molecule has 0 fully saturated rings. The molecule has 3 aromatic heterocycles. The fourth-order valence-corrected chi connectivity index (χ4v) is 3.39. The van der Waals surface area contributed by atoms with Crippen molar-refractivity contribution in [2.45, 2.75) is 19.9 Å². The molecule has 1 unspecified atom stereocenters. The zero-order valence-electron chi connectivity index (χ0n) is 13.3. The highest BCUT2D eigenvalue weighted by atomic mass is 32.1. The number of rotatable bonds is 5. The Bertz CT molecular complexity index is 788. The molecule has 1 N–H and O–H groups in total. The SMILES string of the molecule is COc1ccnc(NC(C)c2sc(-c3cccnc3)nc2C)c1. The van der Waals surface area contributed by atoms with Crippen molar-refractivity contribution >= 4 is 17.2 Å². The van der Waals surface area contributed by atoms with Crippen molar-refractivity contribution in [2.75, 3.05) is 12.4 Å². The third-order valence-corrected chi connectivity index (χ3v) is 4.85. The molecule has 0 aliphatic heterocycles. The number of thiazole rings is 1. The second-order valence-corrected chi connectivity index (χ2v) is 6.19. The van der Waals surface area contributed by atoms with E-state index in [0.717, 1.165) is 27.8 Å². The normalized spacial score (nSPS) is 12.0. The van der Waals surface area contributed by atoms with Gasteiger partial charge in [0.1, 0.15) is 16.6 Å². The first-order valence-electron chi connectivity index (χ1n) is 7.31. The first-order chi connectivity index (χ1) is 11.2. The summed E-state index contributed by atoms with van der Waals surface area (Å²) in [5.74, 6) is 1.57. The second-order valence-electron chi connectivity index (χ2n) is 5.16. The summed E-state index contributed by atoms with van der Waals surface area (Å²) in [6.07, 6.45) is 5.34. The van der Waals surface area contributed by atoms with Crippen molar-refractivity contribution in [2.24, 2.45) is 0 Å². The fourth-order valence-electron chi connectivity index (χ4n) is 2.33. The predicted molar refractivity (Wildman–Crippen MR) is 92.9 cm³/mol. The molecule has 0 saturated carbocycles. The largest absolute Gasteiger partial charge is 0.497 e. The van der Waals surface area contributed by atoms with Crippen molar-refractivity contribution in [3.8, 4) is 16.3 Å². The maximum Gasteiger partial charge on any atom is 0.130 e. The Morgan fingerprint density at radius 3 is 2.87 bits per heavy atom. The number of nitrogens with zero attached hydrogens (tertiary/aromatic N) is 3. The molecule has 118 valence electrons. The number of ether oxygens (including phenoxy) is 1. The van der Waals surface area contributed by atoms with Crippen LogP contribution in [0, 0.1) is 6.92 Å². The van der Waals surface area contributed by atoms with Gasteiger partial charge >= 0.3 is 0 Å². The lowest BCUT2D eigenvalue weighted by atomic mass is 10.2. The summed E-state index contributed by atoms with van der Waals surface area (Å²) in [5.41, 5.74) is 2.07. The lowest BCUT2D eigenvalue weighted by Crippen LogP contribution is -2.07. The van der Waals surface area contributed by atoms with Crippen molar-refractivity contribution in [3.05, 3.63) is 53.4 Å². The van der Waals surface area contributed by atoms with E-state index < -0.39 is 0 Å². The van der Waals surface area contributed by atoms with Gasteiger partial charge in [-0.25, -0.2) is 9.97 Å². The average molecular weight is 326 g/mol. The quantitative estimate of drug-likeness (QED) is 0.765. The van der Waals surface area contributed by atoms with E-state index in [4.69, 9.17) is 4.74 Å². The summed E-state index contributed by atoms with van der Waals surface area (Å²) in [6.45, 7) is 4.14. The molecule has 0 aliphatic carbocycles. The van der Waals surface area contributed by atoms with Crippen LogP contribution in [0.15, 0.2) is 42.9 Å². The molecular formula is C17H18N4OS. The average Bonchev–Trinajstić information content (AvgIpc) is 2.98. The van der Waals surface area contributed by atoms with E-state index >= 15 is 0 Å². The number of pyridine rings is 2. The van der Waals surface area contributed by atoms with E-state index in [-0.39, 0.29) is 6.04 Å². The number of aryl methyl sites for hydroxylation is 1. The number of hydrogen-bond acceptors (Lipinski definition) is 6. The van der Waals surface area contributed by atoms with Crippen LogP contribution in [0.2, 0.25) is 0 Å². The molecule has 0 saturated heterocycles. The first kappa shape index (κ1) is 15.4. The highest BCUT2D eigenvalue weighted by molar-refractivity contribution is 7.15. The van der Waals surface area contributed by atoms with Crippen LogP contribution in [-0.4, -0.2) is 22.1 Å². The van der Waals surface area contributed by atoms with Gasteiger partial charge in [-0.15, -0.1) is 11.3 Å². The minimum atomic E-state index is 0.109. The maximum atomic E-state index is 5.23. The fraction of sp³-hybridized carbons (Fsp3) is 0.235. The van der Waals surface area contributed by atoms with Crippen LogP contribution in [0.5, 0.6) is 5.75 Å².